The van der Waals surface area contributed by atoms with Gasteiger partial charge in [0.15, 0.2) is 5.69 Å². The summed E-state index contributed by atoms with van der Waals surface area (Å²) in [7, 11) is 0. The van der Waals surface area contributed by atoms with Crippen LogP contribution in [0.25, 0.3) is 27.3 Å². The number of ether oxygens (including phenoxy) is 1. The number of piperazine rings is 1. The van der Waals surface area contributed by atoms with Crippen LogP contribution in [0.4, 0.5) is 5.69 Å². The van der Waals surface area contributed by atoms with Gasteiger partial charge in [0, 0.05) is 54.4 Å². The SMILES string of the molecule is CCOC(=O)c1nnn2c1ccc1c(CCN3CCN(c4cccc5nc(C)ccc45)C[C@H]3C)cccc12. The average molecular weight is 509 g/mol. The number of aryl methyl sites for hydroxylation is 1. The third-order valence-electron chi connectivity index (χ3n) is 7.61. The zero-order valence-electron chi connectivity index (χ0n) is 22.1. The van der Waals surface area contributed by atoms with Gasteiger partial charge in [-0.05, 0) is 69.2 Å². The number of anilines is 1. The Kier molecular flexibility index (Phi) is 6.41. The Balaban J connectivity index is 1.18. The first-order valence-electron chi connectivity index (χ1n) is 13.3. The minimum atomic E-state index is -0.444. The van der Waals surface area contributed by atoms with E-state index in [1.807, 2.05) is 19.1 Å². The van der Waals surface area contributed by atoms with E-state index in [1.54, 1.807) is 11.4 Å². The zero-order chi connectivity index (χ0) is 26.2. The van der Waals surface area contributed by atoms with E-state index in [4.69, 9.17) is 9.72 Å². The molecule has 194 valence electrons. The van der Waals surface area contributed by atoms with E-state index in [-0.39, 0.29) is 5.69 Å². The molecule has 1 saturated heterocycles. The molecule has 1 atom stereocenters. The largest absolute Gasteiger partial charge is 0.461 e. The maximum Gasteiger partial charge on any atom is 0.361 e. The van der Waals surface area contributed by atoms with Crippen molar-refractivity contribution in [3.05, 3.63) is 77.6 Å². The van der Waals surface area contributed by atoms with Gasteiger partial charge in [0.2, 0.25) is 0 Å². The monoisotopic (exact) mass is 508 g/mol. The molecule has 0 bridgehead atoms. The Bertz CT molecular complexity index is 1640. The number of carbonyl (C=O) groups excluding carboxylic acids is 1. The molecule has 8 nitrogen and oxygen atoms in total. The van der Waals surface area contributed by atoms with Gasteiger partial charge in [0.25, 0.3) is 0 Å². The molecule has 1 aliphatic rings. The predicted molar refractivity (Wildman–Crippen MR) is 150 cm³/mol. The lowest BCUT2D eigenvalue weighted by atomic mass is 10.0. The fourth-order valence-corrected chi connectivity index (χ4v) is 5.65. The topological polar surface area (TPSA) is 75.9 Å². The standard InChI is InChI=1S/C30H32N6O2/c1-4-38-30(37)29-28-14-13-23-22(7-5-10-27(23)36(28)33-32-29)15-16-34-17-18-35(19-21(34)3)26-9-6-8-25-24(26)12-11-20(2)31-25/h5-14,21H,4,15-19H2,1-3H3/t21-/m1/s1. The van der Waals surface area contributed by atoms with Crippen molar-refractivity contribution >= 4 is 39.0 Å². The van der Waals surface area contributed by atoms with Crippen LogP contribution in [-0.4, -0.2) is 69.5 Å². The maximum absolute atomic E-state index is 12.3. The van der Waals surface area contributed by atoms with Crippen LogP contribution >= 0.6 is 0 Å². The first kappa shape index (κ1) is 24.3. The lowest BCUT2D eigenvalue weighted by Crippen LogP contribution is -2.52. The summed E-state index contributed by atoms with van der Waals surface area (Å²) >= 11 is 0. The van der Waals surface area contributed by atoms with E-state index >= 15 is 0 Å². The lowest BCUT2D eigenvalue weighted by molar-refractivity contribution is 0.0521. The molecule has 38 heavy (non-hydrogen) atoms. The summed E-state index contributed by atoms with van der Waals surface area (Å²) in [6, 6.07) is 21.4. The van der Waals surface area contributed by atoms with Crippen molar-refractivity contribution in [3.63, 3.8) is 0 Å². The van der Waals surface area contributed by atoms with Gasteiger partial charge in [-0.2, -0.15) is 0 Å². The third kappa shape index (κ3) is 4.35. The summed E-state index contributed by atoms with van der Waals surface area (Å²) in [5.41, 5.74) is 6.51. The number of rotatable bonds is 6. The van der Waals surface area contributed by atoms with E-state index in [2.05, 4.69) is 75.6 Å². The van der Waals surface area contributed by atoms with Crippen molar-refractivity contribution in [1.82, 2.24) is 24.7 Å². The van der Waals surface area contributed by atoms with E-state index in [0.29, 0.717) is 18.2 Å². The summed E-state index contributed by atoms with van der Waals surface area (Å²) in [5, 5.41) is 10.7. The van der Waals surface area contributed by atoms with E-state index in [0.717, 1.165) is 54.7 Å². The molecule has 8 heteroatoms. The van der Waals surface area contributed by atoms with Crippen molar-refractivity contribution in [2.24, 2.45) is 0 Å². The molecule has 0 radical (unpaired) electrons. The van der Waals surface area contributed by atoms with E-state index < -0.39 is 5.97 Å². The van der Waals surface area contributed by atoms with Crippen LogP contribution in [0, 0.1) is 6.92 Å². The summed E-state index contributed by atoms with van der Waals surface area (Å²) in [4.78, 5) is 22.1. The second-order valence-electron chi connectivity index (χ2n) is 10.0. The number of carbonyl (C=O) groups is 1. The van der Waals surface area contributed by atoms with Crippen LogP contribution < -0.4 is 4.90 Å². The number of hydrogen-bond acceptors (Lipinski definition) is 7. The second-order valence-corrected chi connectivity index (χ2v) is 10.0. The smallest absolute Gasteiger partial charge is 0.361 e. The van der Waals surface area contributed by atoms with Crippen molar-refractivity contribution in [1.29, 1.82) is 0 Å². The molecule has 5 aromatic rings. The minimum absolute atomic E-state index is 0.253. The lowest BCUT2D eigenvalue weighted by Gasteiger charge is -2.41. The molecule has 0 amide bonds. The van der Waals surface area contributed by atoms with Crippen molar-refractivity contribution < 1.29 is 9.53 Å². The van der Waals surface area contributed by atoms with E-state index in [1.165, 1.54) is 16.6 Å². The average Bonchev–Trinajstić information content (AvgIpc) is 3.37. The highest BCUT2D eigenvalue weighted by Gasteiger charge is 2.25. The molecule has 0 saturated carbocycles. The summed E-state index contributed by atoms with van der Waals surface area (Å²) in [6.45, 7) is 10.4. The van der Waals surface area contributed by atoms with Gasteiger partial charge in [-0.25, -0.2) is 9.31 Å². The Morgan fingerprint density at radius 3 is 2.68 bits per heavy atom. The second kappa shape index (κ2) is 10.0. The van der Waals surface area contributed by atoms with Gasteiger partial charge < -0.3 is 9.64 Å². The maximum atomic E-state index is 12.3. The first-order valence-corrected chi connectivity index (χ1v) is 13.3. The minimum Gasteiger partial charge on any atom is -0.461 e. The Labute approximate surface area is 221 Å². The fraction of sp³-hybridized carbons (Fsp3) is 0.333. The van der Waals surface area contributed by atoms with E-state index in [9.17, 15) is 4.79 Å². The van der Waals surface area contributed by atoms with Gasteiger partial charge in [0.05, 0.1) is 17.6 Å². The highest BCUT2D eigenvalue weighted by atomic mass is 16.5. The number of benzene rings is 2. The molecular weight excluding hydrogens is 476 g/mol. The summed E-state index contributed by atoms with van der Waals surface area (Å²) in [6.07, 6.45) is 0.935. The normalized spacial score (nSPS) is 16.5. The molecule has 1 fully saturated rings. The third-order valence-corrected chi connectivity index (χ3v) is 7.61. The van der Waals surface area contributed by atoms with Crippen molar-refractivity contribution in [2.45, 2.75) is 33.2 Å². The highest BCUT2D eigenvalue weighted by Crippen LogP contribution is 2.29. The Morgan fingerprint density at radius 2 is 1.84 bits per heavy atom. The van der Waals surface area contributed by atoms with Crippen LogP contribution in [0.1, 0.15) is 35.6 Å². The summed E-state index contributed by atoms with van der Waals surface area (Å²) < 4.78 is 6.88. The van der Waals surface area contributed by atoms with Crippen molar-refractivity contribution in [3.8, 4) is 0 Å². The van der Waals surface area contributed by atoms with Crippen LogP contribution in [0.15, 0.2) is 60.7 Å². The van der Waals surface area contributed by atoms with Crippen LogP contribution in [-0.2, 0) is 11.2 Å². The first-order chi connectivity index (χ1) is 18.5. The number of fused-ring (bicyclic) bond motifs is 4. The zero-order valence-corrected chi connectivity index (χ0v) is 22.1. The molecule has 1 aliphatic heterocycles. The number of hydrogen-bond donors (Lipinski definition) is 0. The van der Waals surface area contributed by atoms with Crippen LogP contribution in [0.5, 0.6) is 0 Å². The Morgan fingerprint density at radius 1 is 1.00 bits per heavy atom. The molecule has 3 aromatic heterocycles. The van der Waals surface area contributed by atoms with Crippen molar-refractivity contribution in [2.75, 3.05) is 37.7 Å². The summed E-state index contributed by atoms with van der Waals surface area (Å²) in [5.74, 6) is -0.444. The number of nitrogens with zero attached hydrogens (tertiary/aromatic N) is 6. The molecule has 4 heterocycles. The van der Waals surface area contributed by atoms with Gasteiger partial charge in [-0.15, -0.1) is 5.10 Å². The molecule has 0 aliphatic carbocycles. The van der Waals surface area contributed by atoms with Crippen LogP contribution in [0.3, 0.4) is 0 Å². The molecule has 6 rings (SSSR count). The van der Waals surface area contributed by atoms with Gasteiger partial charge in [0.1, 0.15) is 5.52 Å². The van der Waals surface area contributed by atoms with Crippen LogP contribution in [0.2, 0.25) is 0 Å². The number of aromatic nitrogens is 4. The molecule has 0 spiro atoms. The quantitative estimate of drug-likeness (QED) is 0.309. The molecule has 2 aromatic carbocycles. The highest BCUT2D eigenvalue weighted by molar-refractivity contribution is 5.97. The van der Waals surface area contributed by atoms with Gasteiger partial charge >= 0.3 is 5.97 Å². The molecule has 0 N–H and O–H groups in total. The number of esters is 1. The van der Waals surface area contributed by atoms with Gasteiger partial charge in [-0.1, -0.05) is 29.5 Å². The molecular formula is C30H32N6O2. The Hall–Kier alpha value is -4.04. The predicted octanol–water partition coefficient (Wildman–Crippen LogP) is 4.67. The fourth-order valence-electron chi connectivity index (χ4n) is 5.65. The van der Waals surface area contributed by atoms with Gasteiger partial charge in [-0.3, -0.25) is 9.88 Å². The molecule has 0 unspecified atom stereocenters. The number of pyridine rings is 2.